The first-order valence-electron chi connectivity index (χ1n) is 7.08. The van der Waals surface area contributed by atoms with Gasteiger partial charge in [-0.25, -0.2) is 17.2 Å². The molecule has 0 spiro atoms. The molecule has 0 radical (unpaired) electrons. The van der Waals surface area contributed by atoms with Gasteiger partial charge in [0.05, 0.1) is 24.7 Å². The van der Waals surface area contributed by atoms with E-state index in [2.05, 4.69) is 5.32 Å². The second-order valence-corrected chi connectivity index (χ2v) is 7.02. The summed E-state index contributed by atoms with van der Waals surface area (Å²) in [6, 6.07) is 8.96. The summed E-state index contributed by atoms with van der Waals surface area (Å²) in [4.78, 5) is 12.2. The van der Waals surface area contributed by atoms with Gasteiger partial charge in [0.15, 0.2) is 0 Å². The SMILES string of the molecule is COc1ccccc1NC(=O)CN(c1ccc(F)cc1F)S(C)(=O)=O. The van der Waals surface area contributed by atoms with Crippen LogP contribution in [-0.4, -0.2) is 34.2 Å². The molecule has 1 N–H and O–H groups in total. The van der Waals surface area contributed by atoms with Crippen LogP contribution in [0.15, 0.2) is 42.5 Å². The van der Waals surface area contributed by atoms with E-state index >= 15 is 0 Å². The van der Waals surface area contributed by atoms with Gasteiger partial charge in [-0.1, -0.05) is 12.1 Å². The molecular weight excluding hydrogens is 354 g/mol. The number of amides is 1. The van der Waals surface area contributed by atoms with Gasteiger partial charge in [-0.2, -0.15) is 0 Å². The quantitative estimate of drug-likeness (QED) is 0.847. The molecule has 0 unspecified atom stereocenters. The molecule has 0 aliphatic carbocycles. The number of rotatable bonds is 6. The molecule has 2 rings (SSSR count). The summed E-state index contributed by atoms with van der Waals surface area (Å²) in [5.41, 5.74) is -0.0814. The highest BCUT2D eigenvalue weighted by molar-refractivity contribution is 7.92. The zero-order valence-electron chi connectivity index (χ0n) is 13.5. The summed E-state index contributed by atoms with van der Waals surface area (Å²) >= 11 is 0. The molecule has 0 aromatic heterocycles. The van der Waals surface area contributed by atoms with Gasteiger partial charge in [-0.15, -0.1) is 0 Å². The molecule has 2 aromatic carbocycles. The number of nitrogens with one attached hydrogen (secondary N) is 1. The summed E-state index contributed by atoms with van der Waals surface area (Å²) in [6.07, 6.45) is 0.826. The number of carbonyl (C=O) groups is 1. The van der Waals surface area contributed by atoms with Crippen molar-refractivity contribution in [2.45, 2.75) is 0 Å². The number of methoxy groups -OCH3 is 1. The monoisotopic (exact) mass is 370 g/mol. The van der Waals surface area contributed by atoms with Gasteiger partial charge < -0.3 is 10.1 Å². The molecule has 0 fully saturated rings. The van der Waals surface area contributed by atoms with Crippen LogP contribution in [0.4, 0.5) is 20.2 Å². The van der Waals surface area contributed by atoms with Crippen molar-refractivity contribution < 1.29 is 26.7 Å². The summed E-state index contributed by atoms with van der Waals surface area (Å²) in [5.74, 6) is -2.27. The number of nitrogens with zero attached hydrogens (tertiary/aromatic N) is 1. The van der Waals surface area contributed by atoms with Crippen LogP contribution in [0.3, 0.4) is 0 Å². The number of sulfonamides is 1. The fraction of sp³-hybridized carbons (Fsp3) is 0.188. The molecule has 0 aliphatic rings. The van der Waals surface area contributed by atoms with E-state index in [1.165, 1.54) is 7.11 Å². The van der Waals surface area contributed by atoms with Gasteiger partial charge in [0.1, 0.15) is 23.9 Å². The Bertz CT molecular complexity index is 887. The number of para-hydroxylation sites is 2. The summed E-state index contributed by atoms with van der Waals surface area (Å²) in [7, 11) is -2.56. The molecular formula is C16H16F2N2O4S. The maximum absolute atomic E-state index is 13.9. The molecule has 0 atom stereocenters. The van der Waals surface area contributed by atoms with E-state index in [1.54, 1.807) is 24.3 Å². The molecule has 0 aliphatic heterocycles. The molecule has 2 aromatic rings. The molecule has 0 saturated heterocycles. The minimum Gasteiger partial charge on any atom is -0.495 e. The Morgan fingerprint density at radius 3 is 2.48 bits per heavy atom. The Morgan fingerprint density at radius 2 is 1.88 bits per heavy atom. The summed E-state index contributed by atoms with van der Waals surface area (Å²) in [5, 5.41) is 2.50. The minimum absolute atomic E-state index is 0.336. The number of carbonyl (C=O) groups excluding carboxylic acids is 1. The first kappa shape index (κ1) is 18.7. The van der Waals surface area contributed by atoms with E-state index in [9.17, 15) is 22.0 Å². The smallest absolute Gasteiger partial charge is 0.245 e. The lowest BCUT2D eigenvalue weighted by molar-refractivity contribution is -0.114. The number of ether oxygens (including phenoxy) is 1. The maximum Gasteiger partial charge on any atom is 0.245 e. The van der Waals surface area contributed by atoms with Gasteiger partial charge in [0.25, 0.3) is 0 Å². The number of anilines is 2. The van der Waals surface area contributed by atoms with Gasteiger partial charge in [-0.05, 0) is 24.3 Å². The van der Waals surface area contributed by atoms with Gasteiger partial charge in [-0.3, -0.25) is 9.10 Å². The van der Waals surface area contributed by atoms with Crippen LogP contribution in [0.2, 0.25) is 0 Å². The molecule has 9 heteroatoms. The number of hydrogen-bond acceptors (Lipinski definition) is 4. The number of benzene rings is 2. The Hall–Kier alpha value is -2.68. The van der Waals surface area contributed by atoms with Crippen LogP contribution < -0.4 is 14.4 Å². The van der Waals surface area contributed by atoms with Crippen LogP contribution in [0.1, 0.15) is 0 Å². The maximum atomic E-state index is 13.9. The molecule has 134 valence electrons. The van der Waals surface area contributed by atoms with Crippen molar-refractivity contribution in [2.75, 3.05) is 29.5 Å². The second-order valence-electron chi connectivity index (χ2n) is 5.11. The molecule has 0 heterocycles. The van der Waals surface area contributed by atoms with Crippen LogP contribution >= 0.6 is 0 Å². The standard InChI is InChI=1S/C16H16F2N2O4S/c1-24-15-6-4-3-5-13(15)19-16(21)10-20(25(2,22)23)14-8-7-11(17)9-12(14)18/h3-9H,10H2,1-2H3,(H,19,21). The molecule has 0 saturated carbocycles. The van der Waals surface area contributed by atoms with Crippen LogP contribution in [0, 0.1) is 11.6 Å². The van der Waals surface area contributed by atoms with Crippen molar-refractivity contribution in [3.63, 3.8) is 0 Å². The van der Waals surface area contributed by atoms with E-state index in [-0.39, 0.29) is 0 Å². The Balaban J connectivity index is 2.27. The lowest BCUT2D eigenvalue weighted by Gasteiger charge is -2.22. The third-order valence-corrected chi connectivity index (χ3v) is 4.37. The third kappa shape index (κ3) is 4.66. The fourth-order valence-corrected chi connectivity index (χ4v) is 2.99. The highest BCUT2D eigenvalue weighted by atomic mass is 32.2. The lowest BCUT2D eigenvalue weighted by atomic mass is 10.3. The topological polar surface area (TPSA) is 75.7 Å². The average molecular weight is 370 g/mol. The zero-order chi connectivity index (χ0) is 18.6. The van der Waals surface area contributed by atoms with Crippen molar-refractivity contribution in [3.05, 3.63) is 54.1 Å². The Morgan fingerprint density at radius 1 is 1.20 bits per heavy atom. The normalized spacial score (nSPS) is 11.0. The highest BCUT2D eigenvalue weighted by Gasteiger charge is 2.24. The predicted octanol–water partition coefficient (Wildman–Crippen LogP) is 2.38. The second kappa shape index (κ2) is 7.47. The third-order valence-electron chi connectivity index (χ3n) is 3.25. The van der Waals surface area contributed by atoms with Crippen molar-refractivity contribution in [2.24, 2.45) is 0 Å². The lowest BCUT2D eigenvalue weighted by Crippen LogP contribution is -2.38. The Labute approximate surface area is 144 Å². The van der Waals surface area contributed by atoms with Crippen molar-refractivity contribution >= 4 is 27.3 Å². The first-order valence-corrected chi connectivity index (χ1v) is 8.93. The van der Waals surface area contributed by atoms with Crippen LogP contribution in [0.5, 0.6) is 5.75 Å². The van der Waals surface area contributed by atoms with Gasteiger partial charge in [0.2, 0.25) is 15.9 Å². The van der Waals surface area contributed by atoms with Gasteiger partial charge in [0, 0.05) is 6.07 Å². The fourth-order valence-electron chi connectivity index (χ4n) is 2.13. The Kier molecular flexibility index (Phi) is 5.58. The van der Waals surface area contributed by atoms with E-state index in [0.717, 1.165) is 18.4 Å². The van der Waals surface area contributed by atoms with E-state index in [0.29, 0.717) is 21.8 Å². The zero-order valence-corrected chi connectivity index (χ0v) is 14.3. The largest absolute Gasteiger partial charge is 0.495 e. The molecule has 0 bridgehead atoms. The number of halogens is 2. The predicted molar refractivity (Wildman–Crippen MR) is 90.2 cm³/mol. The number of hydrogen-bond donors (Lipinski definition) is 1. The van der Waals surface area contributed by atoms with E-state index < -0.39 is 39.8 Å². The van der Waals surface area contributed by atoms with Crippen molar-refractivity contribution in [1.82, 2.24) is 0 Å². The summed E-state index contributed by atoms with van der Waals surface area (Å²) < 4.78 is 56.5. The van der Waals surface area contributed by atoms with Gasteiger partial charge >= 0.3 is 0 Å². The highest BCUT2D eigenvalue weighted by Crippen LogP contribution is 2.25. The van der Waals surface area contributed by atoms with Crippen molar-refractivity contribution in [3.8, 4) is 5.75 Å². The molecule has 6 nitrogen and oxygen atoms in total. The summed E-state index contributed by atoms with van der Waals surface area (Å²) in [6.45, 7) is -0.681. The van der Waals surface area contributed by atoms with Crippen molar-refractivity contribution in [1.29, 1.82) is 0 Å². The van der Waals surface area contributed by atoms with Crippen LogP contribution in [0.25, 0.3) is 0 Å². The minimum atomic E-state index is -3.98. The molecule has 1 amide bonds. The first-order chi connectivity index (χ1) is 11.7. The molecule has 25 heavy (non-hydrogen) atoms. The average Bonchev–Trinajstić information content (AvgIpc) is 2.53. The van der Waals surface area contributed by atoms with Crippen LogP contribution in [-0.2, 0) is 14.8 Å². The van der Waals surface area contributed by atoms with E-state index in [1.807, 2.05) is 0 Å². The van der Waals surface area contributed by atoms with E-state index in [4.69, 9.17) is 4.74 Å².